The van der Waals surface area contributed by atoms with Crippen LogP contribution in [0.15, 0.2) is 0 Å². The van der Waals surface area contributed by atoms with Gasteiger partial charge in [0.1, 0.15) is 0 Å². The number of hydrogen-bond acceptors (Lipinski definition) is 7. The number of hydrogen-bond donors (Lipinski definition) is 4. The van der Waals surface area contributed by atoms with Crippen molar-refractivity contribution < 1.29 is 55.1 Å². The maximum Gasteiger partial charge on any atom is 0.677 e. The second-order valence-electron chi connectivity index (χ2n) is 11.4. The van der Waals surface area contributed by atoms with E-state index in [1.165, 1.54) is 57.8 Å². The maximum absolute atomic E-state index is 10.4. The van der Waals surface area contributed by atoms with E-state index in [0.29, 0.717) is 0 Å². The monoisotopic (exact) mass is 612 g/mol. The van der Waals surface area contributed by atoms with Gasteiger partial charge in [-0.2, -0.15) is 0 Å². The van der Waals surface area contributed by atoms with Gasteiger partial charge < -0.3 is 33.4 Å². The van der Waals surface area contributed by atoms with Gasteiger partial charge >= 0.3 is 9.05 Å². The normalized spacial score (nSPS) is 22.6. The Hall–Kier alpha value is 0.651. The molecule has 3 aliphatic rings. The van der Waals surface area contributed by atoms with Crippen LogP contribution in [0.3, 0.4) is 0 Å². The molecule has 0 aromatic rings. The van der Waals surface area contributed by atoms with E-state index in [0.717, 1.165) is 57.8 Å². The molecule has 234 valence electrons. The predicted molar refractivity (Wildman–Crippen MR) is 158 cm³/mol. The van der Waals surface area contributed by atoms with Crippen molar-refractivity contribution in [3.05, 3.63) is 0 Å². The molecule has 39 heavy (non-hydrogen) atoms. The number of rotatable bonds is 9. The smallest absolute Gasteiger partial charge is 0.393 e. The molecule has 3 fully saturated rings. The fourth-order valence-corrected chi connectivity index (χ4v) is 6.53. The van der Waals surface area contributed by atoms with E-state index in [2.05, 4.69) is 0 Å². The molecule has 0 saturated heterocycles. The van der Waals surface area contributed by atoms with Gasteiger partial charge in [-0.1, -0.05) is 78.6 Å². The Morgan fingerprint density at radius 3 is 0.846 bits per heavy atom. The number of aliphatic hydroxyl groups is 3. The minimum atomic E-state index is -3.50. The van der Waals surface area contributed by atoms with E-state index >= 15 is 0 Å². The Kier molecular flexibility index (Phi) is 28.2. The third-order valence-electron chi connectivity index (χ3n) is 7.50. The standard InChI is InChI=1S/C12H28O4Si.3C6H12O.Ti/c1-7-10(4)14-17(13,15-11(5)8-2)16-12(6)9-3;3*7-6-4-2-1-3-5-6;/h10-13H,7-9H2,1-6H3;3*6-7H,1-5H2;. The third kappa shape index (κ3) is 24.9. The molecule has 0 heterocycles. The van der Waals surface area contributed by atoms with Crippen molar-refractivity contribution in [2.24, 2.45) is 0 Å². The summed E-state index contributed by atoms with van der Waals surface area (Å²) in [6.07, 6.45) is 20.1. The van der Waals surface area contributed by atoms with Crippen molar-refractivity contribution in [1.29, 1.82) is 0 Å². The van der Waals surface area contributed by atoms with Gasteiger partial charge in [-0.15, -0.1) is 0 Å². The van der Waals surface area contributed by atoms with Crippen molar-refractivity contribution in [2.45, 2.75) is 194 Å². The zero-order valence-electron chi connectivity index (χ0n) is 26.2. The van der Waals surface area contributed by atoms with E-state index in [9.17, 15) is 4.80 Å². The molecule has 0 radical (unpaired) electrons. The van der Waals surface area contributed by atoms with Crippen molar-refractivity contribution in [3.8, 4) is 0 Å². The molecule has 0 aromatic carbocycles. The van der Waals surface area contributed by atoms with E-state index in [1.54, 1.807) is 0 Å². The summed E-state index contributed by atoms with van der Waals surface area (Å²) in [5, 5.41) is 26.7. The molecule has 0 amide bonds. The molecule has 4 N–H and O–H groups in total. The van der Waals surface area contributed by atoms with E-state index in [4.69, 9.17) is 28.6 Å². The van der Waals surface area contributed by atoms with Gasteiger partial charge in [-0.25, -0.2) is 0 Å². The molecule has 9 heteroatoms. The Morgan fingerprint density at radius 1 is 0.513 bits per heavy atom. The van der Waals surface area contributed by atoms with Gasteiger partial charge in [0.15, 0.2) is 0 Å². The quantitative estimate of drug-likeness (QED) is 0.212. The van der Waals surface area contributed by atoms with Crippen molar-refractivity contribution in [2.75, 3.05) is 0 Å². The first-order valence-corrected chi connectivity index (χ1v) is 17.5. The third-order valence-corrected chi connectivity index (χ3v) is 9.60. The summed E-state index contributed by atoms with van der Waals surface area (Å²) < 4.78 is 16.7. The van der Waals surface area contributed by atoms with Gasteiger partial charge in [-0.05, 0) is 78.6 Å². The Bertz CT molecular complexity index is 444. The molecule has 3 saturated carbocycles. The van der Waals surface area contributed by atoms with E-state index in [1.807, 2.05) is 41.5 Å². The molecule has 0 spiro atoms. The molecule has 0 bridgehead atoms. The fourth-order valence-electron chi connectivity index (χ4n) is 4.34. The van der Waals surface area contributed by atoms with Crippen LogP contribution in [-0.2, 0) is 35.0 Å². The van der Waals surface area contributed by atoms with Crippen LogP contribution in [0, 0.1) is 0 Å². The summed E-state index contributed by atoms with van der Waals surface area (Å²) in [6, 6.07) is 0. The van der Waals surface area contributed by atoms with Crippen LogP contribution in [-0.4, -0.2) is 65.8 Å². The molecule has 3 aliphatic carbocycles. The van der Waals surface area contributed by atoms with Crippen LogP contribution in [0.25, 0.3) is 0 Å². The molecular weight excluding hydrogens is 548 g/mol. The minimum absolute atomic E-state index is 0. The Balaban J connectivity index is 0. The van der Waals surface area contributed by atoms with Crippen molar-refractivity contribution >= 4 is 9.05 Å². The summed E-state index contributed by atoms with van der Waals surface area (Å²) in [5.41, 5.74) is 0. The predicted octanol–water partition coefficient (Wildman–Crippen LogP) is 6.79. The second kappa shape index (κ2) is 26.3. The van der Waals surface area contributed by atoms with Crippen LogP contribution < -0.4 is 0 Å². The molecule has 3 atom stereocenters. The molecule has 0 aliphatic heterocycles. The molecular formula is C30H64O7SiTi. The topological polar surface area (TPSA) is 109 Å². The minimum Gasteiger partial charge on any atom is -0.393 e. The Labute approximate surface area is 257 Å². The summed E-state index contributed by atoms with van der Waals surface area (Å²) in [5.74, 6) is 0. The van der Waals surface area contributed by atoms with Gasteiger partial charge in [0.05, 0.1) is 18.3 Å². The summed E-state index contributed by atoms with van der Waals surface area (Å²) >= 11 is 0. The van der Waals surface area contributed by atoms with Crippen LogP contribution >= 0.6 is 0 Å². The van der Waals surface area contributed by atoms with Gasteiger partial charge in [-0.3, -0.25) is 0 Å². The van der Waals surface area contributed by atoms with Crippen molar-refractivity contribution in [1.82, 2.24) is 0 Å². The van der Waals surface area contributed by atoms with Crippen LogP contribution in [0.1, 0.15) is 157 Å². The first kappa shape index (κ1) is 41.8. The molecule has 3 rings (SSSR count). The molecule has 7 nitrogen and oxygen atoms in total. The zero-order chi connectivity index (χ0) is 28.8. The van der Waals surface area contributed by atoms with Crippen LogP contribution in [0.2, 0.25) is 0 Å². The first-order valence-electron chi connectivity index (χ1n) is 15.8. The van der Waals surface area contributed by atoms with Gasteiger partial charge in [0.2, 0.25) is 0 Å². The van der Waals surface area contributed by atoms with E-state index < -0.39 is 9.05 Å². The Morgan fingerprint density at radius 2 is 0.718 bits per heavy atom. The van der Waals surface area contributed by atoms with Gasteiger partial charge in [0.25, 0.3) is 0 Å². The van der Waals surface area contributed by atoms with Crippen LogP contribution in [0.5, 0.6) is 0 Å². The second-order valence-corrected chi connectivity index (χ2v) is 13.2. The maximum atomic E-state index is 10.4. The summed E-state index contributed by atoms with van der Waals surface area (Å²) in [4.78, 5) is 10.4. The fraction of sp³-hybridized carbons (Fsp3) is 1.00. The largest absolute Gasteiger partial charge is 0.677 e. The average Bonchev–Trinajstić information content (AvgIpc) is 2.90. The van der Waals surface area contributed by atoms with Gasteiger partial charge in [0, 0.05) is 40.0 Å². The van der Waals surface area contributed by atoms with Crippen molar-refractivity contribution in [3.63, 3.8) is 0 Å². The average molecular weight is 613 g/mol. The zero-order valence-corrected chi connectivity index (χ0v) is 28.8. The number of aliphatic hydroxyl groups excluding tert-OH is 3. The first-order chi connectivity index (χ1) is 18.0. The van der Waals surface area contributed by atoms with Crippen LogP contribution in [0.4, 0.5) is 0 Å². The van der Waals surface area contributed by atoms with E-state index in [-0.39, 0.29) is 58.3 Å². The summed E-state index contributed by atoms with van der Waals surface area (Å²) in [7, 11) is -3.50. The molecule has 3 unspecified atom stereocenters. The molecule has 0 aromatic heterocycles. The SMILES string of the molecule is CCC(C)O[Si](O)(OC(C)CC)OC(C)CC.OC1CCCCC1.OC1CCCCC1.OC1CCCCC1.[Ti]. The summed E-state index contributed by atoms with van der Waals surface area (Å²) in [6.45, 7) is 11.8.